The minimum absolute atomic E-state index is 0.653. The molecule has 0 aromatic carbocycles. The molecule has 0 aliphatic heterocycles. The summed E-state index contributed by atoms with van der Waals surface area (Å²) in [5.41, 5.74) is 0. The predicted octanol–water partition coefficient (Wildman–Crippen LogP) is 3.07. The van der Waals surface area contributed by atoms with E-state index in [-0.39, 0.29) is 0 Å². The lowest BCUT2D eigenvalue weighted by molar-refractivity contribution is 0.166. The summed E-state index contributed by atoms with van der Waals surface area (Å²) in [5.74, 6) is 1.48. The van der Waals surface area contributed by atoms with Gasteiger partial charge >= 0.3 is 0 Å². The summed E-state index contributed by atoms with van der Waals surface area (Å²) in [6.07, 6.45) is 3.64. The van der Waals surface area contributed by atoms with E-state index in [2.05, 4.69) is 33.0 Å². The standard InChI is InChI=1S/C13H29NO/c1-6-8-14-13(10-11(2)3)12(4)7-9-15-5/h11-14H,6-10H2,1-5H3. The lowest BCUT2D eigenvalue weighted by atomic mass is 9.91. The maximum absolute atomic E-state index is 5.14. The zero-order chi connectivity index (χ0) is 11.7. The first kappa shape index (κ1) is 14.9. The smallest absolute Gasteiger partial charge is 0.0465 e. The zero-order valence-corrected chi connectivity index (χ0v) is 11.2. The monoisotopic (exact) mass is 215 g/mol. The Hall–Kier alpha value is -0.0800. The first-order valence-electron chi connectivity index (χ1n) is 6.34. The Balaban J connectivity index is 3.95. The van der Waals surface area contributed by atoms with Crippen LogP contribution in [0.15, 0.2) is 0 Å². The number of ether oxygens (including phenoxy) is 1. The fourth-order valence-electron chi connectivity index (χ4n) is 1.86. The molecular weight excluding hydrogens is 186 g/mol. The molecule has 15 heavy (non-hydrogen) atoms. The number of methoxy groups -OCH3 is 1. The zero-order valence-electron chi connectivity index (χ0n) is 11.2. The van der Waals surface area contributed by atoms with Crippen LogP contribution in [0.5, 0.6) is 0 Å². The van der Waals surface area contributed by atoms with Crippen molar-refractivity contribution in [3.8, 4) is 0 Å². The summed E-state index contributed by atoms with van der Waals surface area (Å²) in [6.45, 7) is 11.2. The van der Waals surface area contributed by atoms with Crippen LogP contribution >= 0.6 is 0 Å². The van der Waals surface area contributed by atoms with Gasteiger partial charge in [0.2, 0.25) is 0 Å². The van der Waals surface area contributed by atoms with Gasteiger partial charge in [0, 0.05) is 19.8 Å². The van der Waals surface area contributed by atoms with Crippen LogP contribution in [0.1, 0.15) is 47.0 Å². The van der Waals surface area contributed by atoms with Crippen LogP contribution in [0.4, 0.5) is 0 Å². The van der Waals surface area contributed by atoms with Crippen molar-refractivity contribution in [1.29, 1.82) is 0 Å². The van der Waals surface area contributed by atoms with Crippen molar-refractivity contribution in [2.75, 3.05) is 20.3 Å². The molecule has 0 radical (unpaired) electrons. The second kappa shape index (κ2) is 9.17. The molecule has 0 bridgehead atoms. The van der Waals surface area contributed by atoms with Crippen molar-refractivity contribution in [2.45, 2.75) is 53.0 Å². The Morgan fingerprint density at radius 3 is 2.33 bits per heavy atom. The summed E-state index contributed by atoms with van der Waals surface area (Å²) in [7, 11) is 1.78. The Morgan fingerprint density at radius 1 is 1.20 bits per heavy atom. The summed E-state index contributed by atoms with van der Waals surface area (Å²) in [4.78, 5) is 0. The highest BCUT2D eigenvalue weighted by atomic mass is 16.5. The van der Waals surface area contributed by atoms with Crippen LogP contribution < -0.4 is 5.32 Å². The third-order valence-corrected chi connectivity index (χ3v) is 2.85. The van der Waals surface area contributed by atoms with E-state index in [0.29, 0.717) is 12.0 Å². The van der Waals surface area contributed by atoms with Crippen molar-refractivity contribution < 1.29 is 4.74 Å². The second-order valence-corrected chi connectivity index (χ2v) is 4.95. The molecule has 0 rings (SSSR count). The van der Waals surface area contributed by atoms with Crippen molar-refractivity contribution >= 4 is 0 Å². The molecule has 2 nitrogen and oxygen atoms in total. The molecule has 0 saturated heterocycles. The molecule has 0 spiro atoms. The molecule has 92 valence electrons. The molecule has 0 aliphatic rings. The van der Waals surface area contributed by atoms with Gasteiger partial charge in [-0.2, -0.15) is 0 Å². The highest BCUT2D eigenvalue weighted by Crippen LogP contribution is 2.16. The Labute approximate surface area is 95.8 Å². The van der Waals surface area contributed by atoms with Gasteiger partial charge in [-0.3, -0.25) is 0 Å². The molecule has 2 atom stereocenters. The van der Waals surface area contributed by atoms with Crippen LogP contribution in [0.2, 0.25) is 0 Å². The van der Waals surface area contributed by atoms with Gasteiger partial charge in [-0.15, -0.1) is 0 Å². The molecule has 2 heteroatoms. The van der Waals surface area contributed by atoms with Gasteiger partial charge < -0.3 is 10.1 Å². The quantitative estimate of drug-likeness (QED) is 0.638. The van der Waals surface area contributed by atoms with Crippen LogP contribution in [-0.4, -0.2) is 26.3 Å². The van der Waals surface area contributed by atoms with Gasteiger partial charge in [-0.25, -0.2) is 0 Å². The van der Waals surface area contributed by atoms with Gasteiger partial charge in [0.1, 0.15) is 0 Å². The van der Waals surface area contributed by atoms with E-state index >= 15 is 0 Å². The van der Waals surface area contributed by atoms with Gasteiger partial charge in [-0.1, -0.05) is 27.7 Å². The lowest BCUT2D eigenvalue weighted by Crippen LogP contribution is -2.37. The fourth-order valence-corrected chi connectivity index (χ4v) is 1.86. The Morgan fingerprint density at radius 2 is 1.87 bits per heavy atom. The van der Waals surface area contributed by atoms with E-state index in [1.54, 1.807) is 7.11 Å². The summed E-state index contributed by atoms with van der Waals surface area (Å²) >= 11 is 0. The van der Waals surface area contributed by atoms with E-state index in [4.69, 9.17) is 4.74 Å². The Kier molecular flexibility index (Phi) is 9.12. The third kappa shape index (κ3) is 7.80. The number of rotatable bonds is 9. The summed E-state index contributed by atoms with van der Waals surface area (Å²) < 4.78 is 5.14. The molecular formula is C13H29NO. The minimum atomic E-state index is 0.653. The van der Waals surface area contributed by atoms with E-state index in [0.717, 1.165) is 25.5 Å². The van der Waals surface area contributed by atoms with Gasteiger partial charge in [0.15, 0.2) is 0 Å². The van der Waals surface area contributed by atoms with Gasteiger partial charge in [-0.05, 0) is 37.6 Å². The fraction of sp³-hybridized carbons (Fsp3) is 1.00. The molecule has 0 amide bonds. The normalized spacial score (nSPS) is 15.6. The first-order chi connectivity index (χ1) is 7.11. The predicted molar refractivity (Wildman–Crippen MR) is 67.2 cm³/mol. The molecule has 0 aromatic heterocycles. The average Bonchev–Trinajstić information content (AvgIpc) is 2.20. The topological polar surface area (TPSA) is 21.3 Å². The largest absolute Gasteiger partial charge is 0.385 e. The highest BCUT2D eigenvalue weighted by molar-refractivity contribution is 4.74. The van der Waals surface area contributed by atoms with E-state index in [1.807, 2.05) is 0 Å². The van der Waals surface area contributed by atoms with E-state index in [1.165, 1.54) is 12.8 Å². The van der Waals surface area contributed by atoms with Crippen molar-refractivity contribution in [1.82, 2.24) is 5.32 Å². The number of hydrogen-bond acceptors (Lipinski definition) is 2. The van der Waals surface area contributed by atoms with Crippen LogP contribution in [0, 0.1) is 11.8 Å². The summed E-state index contributed by atoms with van der Waals surface area (Å²) in [6, 6.07) is 0.653. The van der Waals surface area contributed by atoms with E-state index < -0.39 is 0 Å². The molecule has 0 aliphatic carbocycles. The molecule has 0 fully saturated rings. The Bertz CT molecular complexity index is 136. The maximum atomic E-state index is 5.14. The molecule has 0 aromatic rings. The van der Waals surface area contributed by atoms with Crippen LogP contribution in [0.25, 0.3) is 0 Å². The van der Waals surface area contributed by atoms with Crippen molar-refractivity contribution in [3.63, 3.8) is 0 Å². The molecule has 0 saturated carbocycles. The number of hydrogen-bond donors (Lipinski definition) is 1. The van der Waals surface area contributed by atoms with E-state index in [9.17, 15) is 0 Å². The van der Waals surface area contributed by atoms with Crippen LogP contribution in [0.3, 0.4) is 0 Å². The van der Waals surface area contributed by atoms with Gasteiger partial charge in [0.25, 0.3) is 0 Å². The number of nitrogens with one attached hydrogen (secondary N) is 1. The summed E-state index contributed by atoms with van der Waals surface area (Å²) in [5, 5.41) is 3.65. The SMILES string of the molecule is CCCNC(CC(C)C)C(C)CCOC. The lowest BCUT2D eigenvalue weighted by Gasteiger charge is -2.26. The van der Waals surface area contributed by atoms with Crippen molar-refractivity contribution in [2.24, 2.45) is 11.8 Å². The van der Waals surface area contributed by atoms with Gasteiger partial charge in [0.05, 0.1) is 0 Å². The highest BCUT2D eigenvalue weighted by Gasteiger charge is 2.17. The third-order valence-electron chi connectivity index (χ3n) is 2.85. The van der Waals surface area contributed by atoms with Crippen LogP contribution in [-0.2, 0) is 4.74 Å². The minimum Gasteiger partial charge on any atom is -0.385 e. The van der Waals surface area contributed by atoms with Crippen molar-refractivity contribution in [3.05, 3.63) is 0 Å². The average molecular weight is 215 g/mol. The molecule has 1 N–H and O–H groups in total. The first-order valence-corrected chi connectivity index (χ1v) is 6.34. The molecule has 2 unspecified atom stereocenters. The second-order valence-electron chi connectivity index (χ2n) is 4.95. The maximum Gasteiger partial charge on any atom is 0.0465 e. The molecule has 0 heterocycles.